The zero-order chi connectivity index (χ0) is 13.7. The van der Waals surface area contributed by atoms with Crippen molar-refractivity contribution >= 4 is 17.4 Å². The molecule has 0 amide bonds. The van der Waals surface area contributed by atoms with Crippen LogP contribution in [0.5, 0.6) is 5.75 Å². The van der Waals surface area contributed by atoms with Crippen LogP contribution >= 0.6 is 11.6 Å². The topological polar surface area (TPSA) is 80.7 Å². The first-order valence-corrected chi connectivity index (χ1v) is 5.88. The summed E-state index contributed by atoms with van der Waals surface area (Å²) in [4.78, 5) is 3.99. The summed E-state index contributed by atoms with van der Waals surface area (Å²) < 4.78 is 5.63. The van der Waals surface area contributed by atoms with E-state index in [0.717, 1.165) is 5.56 Å². The lowest BCUT2D eigenvalue weighted by Gasteiger charge is -2.11. The summed E-state index contributed by atoms with van der Waals surface area (Å²) in [7, 11) is 0. The lowest BCUT2D eigenvalue weighted by Crippen LogP contribution is -2.15. The van der Waals surface area contributed by atoms with Crippen LogP contribution in [-0.4, -0.2) is 16.0 Å². The molecule has 0 spiro atoms. The maximum Gasteiger partial charge on any atom is 0.175 e. The SMILES string of the molecule is N/C(=N/O)c1c(Cl)cccc1OCc1cccnc1. The second-order valence-corrected chi connectivity index (χ2v) is 4.16. The number of oxime groups is 1. The molecule has 0 aliphatic rings. The van der Waals surface area contributed by atoms with Gasteiger partial charge in [0.25, 0.3) is 0 Å². The predicted octanol–water partition coefficient (Wildman–Crippen LogP) is 2.41. The van der Waals surface area contributed by atoms with Crippen molar-refractivity contribution in [2.45, 2.75) is 6.61 Å². The Morgan fingerprint density at radius 3 is 2.89 bits per heavy atom. The van der Waals surface area contributed by atoms with Crippen LogP contribution in [0.15, 0.2) is 47.9 Å². The highest BCUT2D eigenvalue weighted by atomic mass is 35.5. The molecule has 0 radical (unpaired) electrons. The Labute approximate surface area is 115 Å². The molecule has 0 bridgehead atoms. The Kier molecular flexibility index (Phi) is 4.20. The summed E-state index contributed by atoms with van der Waals surface area (Å²) in [6, 6.07) is 8.79. The van der Waals surface area contributed by atoms with Crippen molar-refractivity contribution in [3.8, 4) is 5.75 Å². The van der Waals surface area contributed by atoms with E-state index in [1.807, 2.05) is 12.1 Å². The molecular formula is C13H12ClN3O2. The number of ether oxygens (including phenoxy) is 1. The molecular weight excluding hydrogens is 266 g/mol. The van der Waals surface area contributed by atoms with Gasteiger partial charge in [-0.1, -0.05) is 28.9 Å². The minimum Gasteiger partial charge on any atom is -0.488 e. The average molecular weight is 278 g/mol. The molecule has 19 heavy (non-hydrogen) atoms. The van der Waals surface area contributed by atoms with E-state index in [-0.39, 0.29) is 5.84 Å². The van der Waals surface area contributed by atoms with Crippen LogP contribution in [0.1, 0.15) is 11.1 Å². The zero-order valence-corrected chi connectivity index (χ0v) is 10.7. The third-order valence-electron chi connectivity index (χ3n) is 2.46. The summed E-state index contributed by atoms with van der Waals surface area (Å²) >= 11 is 6.02. The summed E-state index contributed by atoms with van der Waals surface area (Å²) in [6.45, 7) is 0.319. The third-order valence-corrected chi connectivity index (χ3v) is 2.77. The van der Waals surface area contributed by atoms with Crippen LogP contribution in [0.25, 0.3) is 0 Å². The maximum atomic E-state index is 8.76. The van der Waals surface area contributed by atoms with E-state index < -0.39 is 0 Å². The number of hydrogen-bond acceptors (Lipinski definition) is 4. The monoisotopic (exact) mass is 277 g/mol. The molecule has 1 aromatic heterocycles. The first-order valence-electron chi connectivity index (χ1n) is 5.50. The molecule has 0 saturated carbocycles. The first kappa shape index (κ1) is 13.2. The van der Waals surface area contributed by atoms with Crippen LogP contribution < -0.4 is 10.5 Å². The Morgan fingerprint density at radius 2 is 2.21 bits per heavy atom. The molecule has 0 fully saturated rings. The maximum absolute atomic E-state index is 8.76. The van der Waals surface area contributed by atoms with Gasteiger partial charge in [0.1, 0.15) is 12.4 Å². The van der Waals surface area contributed by atoms with Crippen LogP contribution in [0.4, 0.5) is 0 Å². The Bertz CT molecular complexity index is 588. The highest BCUT2D eigenvalue weighted by Crippen LogP contribution is 2.26. The summed E-state index contributed by atoms with van der Waals surface area (Å²) in [6.07, 6.45) is 3.39. The second-order valence-electron chi connectivity index (χ2n) is 3.75. The summed E-state index contributed by atoms with van der Waals surface area (Å²) in [5.41, 5.74) is 6.87. The van der Waals surface area contributed by atoms with Gasteiger partial charge in [-0.05, 0) is 18.2 Å². The average Bonchev–Trinajstić information content (AvgIpc) is 2.45. The number of rotatable bonds is 4. The Hall–Kier alpha value is -2.27. The largest absolute Gasteiger partial charge is 0.488 e. The third kappa shape index (κ3) is 3.14. The van der Waals surface area contributed by atoms with Gasteiger partial charge in [0.05, 0.1) is 10.6 Å². The van der Waals surface area contributed by atoms with Gasteiger partial charge in [-0.2, -0.15) is 0 Å². The number of nitrogens with zero attached hydrogens (tertiary/aromatic N) is 2. The quantitative estimate of drug-likeness (QED) is 0.389. The lowest BCUT2D eigenvalue weighted by molar-refractivity contribution is 0.303. The van der Waals surface area contributed by atoms with Gasteiger partial charge in [0.2, 0.25) is 0 Å². The predicted molar refractivity (Wildman–Crippen MR) is 72.5 cm³/mol. The fourth-order valence-electron chi connectivity index (χ4n) is 1.57. The van der Waals surface area contributed by atoms with Gasteiger partial charge < -0.3 is 15.7 Å². The summed E-state index contributed by atoms with van der Waals surface area (Å²) in [5, 5.41) is 12.1. The van der Waals surface area contributed by atoms with Crippen molar-refractivity contribution in [3.05, 3.63) is 58.9 Å². The molecule has 5 nitrogen and oxygen atoms in total. The van der Waals surface area contributed by atoms with E-state index in [0.29, 0.717) is 22.9 Å². The van der Waals surface area contributed by atoms with E-state index in [2.05, 4.69) is 10.1 Å². The van der Waals surface area contributed by atoms with Crippen molar-refractivity contribution in [1.29, 1.82) is 0 Å². The molecule has 0 aliphatic carbocycles. The fraction of sp³-hybridized carbons (Fsp3) is 0.0769. The molecule has 98 valence electrons. The standard InChI is InChI=1S/C13H12ClN3O2/c14-10-4-1-5-11(12(10)13(15)17-18)19-8-9-3-2-6-16-7-9/h1-7,18H,8H2,(H2,15,17). The molecule has 1 heterocycles. The minimum atomic E-state index is -0.0909. The second kappa shape index (κ2) is 6.06. The van der Waals surface area contributed by atoms with Crippen LogP contribution in [0, 0.1) is 0 Å². The van der Waals surface area contributed by atoms with Crippen molar-refractivity contribution < 1.29 is 9.94 Å². The van der Waals surface area contributed by atoms with E-state index in [1.165, 1.54) is 0 Å². The van der Waals surface area contributed by atoms with E-state index in [4.69, 9.17) is 27.3 Å². The molecule has 2 aromatic rings. The van der Waals surface area contributed by atoms with Gasteiger partial charge in [-0.3, -0.25) is 4.98 Å². The fourth-order valence-corrected chi connectivity index (χ4v) is 1.83. The van der Waals surface area contributed by atoms with E-state index >= 15 is 0 Å². The van der Waals surface area contributed by atoms with Crippen LogP contribution in [0.2, 0.25) is 5.02 Å². The van der Waals surface area contributed by atoms with E-state index in [1.54, 1.807) is 30.6 Å². The molecule has 2 rings (SSSR count). The van der Waals surface area contributed by atoms with Crippen molar-refractivity contribution in [3.63, 3.8) is 0 Å². The normalized spacial score (nSPS) is 11.3. The van der Waals surface area contributed by atoms with E-state index in [9.17, 15) is 0 Å². The lowest BCUT2D eigenvalue weighted by atomic mass is 10.2. The van der Waals surface area contributed by atoms with Gasteiger partial charge >= 0.3 is 0 Å². The van der Waals surface area contributed by atoms with Crippen molar-refractivity contribution in [2.24, 2.45) is 10.9 Å². The number of benzene rings is 1. The molecule has 1 aromatic carbocycles. The molecule has 3 N–H and O–H groups in total. The molecule has 0 unspecified atom stereocenters. The van der Waals surface area contributed by atoms with Crippen LogP contribution in [0.3, 0.4) is 0 Å². The number of pyridine rings is 1. The van der Waals surface area contributed by atoms with Gasteiger partial charge in [-0.25, -0.2) is 0 Å². The van der Waals surface area contributed by atoms with Crippen molar-refractivity contribution in [2.75, 3.05) is 0 Å². The Balaban J connectivity index is 2.23. The minimum absolute atomic E-state index is 0.0909. The number of amidine groups is 1. The van der Waals surface area contributed by atoms with Gasteiger partial charge in [0.15, 0.2) is 5.84 Å². The number of nitrogens with two attached hydrogens (primary N) is 1. The first-order chi connectivity index (χ1) is 9.22. The number of halogens is 1. The molecule has 0 atom stereocenters. The highest BCUT2D eigenvalue weighted by Gasteiger charge is 2.12. The Morgan fingerprint density at radius 1 is 1.37 bits per heavy atom. The highest BCUT2D eigenvalue weighted by molar-refractivity contribution is 6.34. The molecule has 6 heteroatoms. The molecule has 0 saturated heterocycles. The summed E-state index contributed by atoms with van der Waals surface area (Å²) in [5.74, 6) is 0.360. The zero-order valence-electron chi connectivity index (χ0n) is 9.95. The molecule has 0 aliphatic heterocycles. The van der Waals surface area contributed by atoms with Gasteiger partial charge in [0, 0.05) is 18.0 Å². The number of aromatic nitrogens is 1. The number of hydrogen-bond donors (Lipinski definition) is 2. The van der Waals surface area contributed by atoms with Crippen molar-refractivity contribution in [1.82, 2.24) is 4.98 Å². The van der Waals surface area contributed by atoms with Gasteiger partial charge in [-0.15, -0.1) is 0 Å². The van der Waals surface area contributed by atoms with Crippen LogP contribution in [-0.2, 0) is 6.61 Å². The smallest absolute Gasteiger partial charge is 0.175 e.